The highest BCUT2D eigenvalue weighted by Gasteiger charge is 2.41. The summed E-state index contributed by atoms with van der Waals surface area (Å²) in [6.07, 6.45) is 3.53. The number of piperidine rings is 1. The van der Waals surface area contributed by atoms with Gasteiger partial charge in [-0.05, 0) is 32.1 Å². The monoisotopic (exact) mass is 269 g/mol. The van der Waals surface area contributed by atoms with Crippen LogP contribution >= 0.6 is 0 Å². The molecular weight excluding hydrogens is 246 g/mol. The molecule has 0 spiro atoms. The van der Waals surface area contributed by atoms with Gasteiger partial charge in [-0.1, -0.05) is 6.92 Å². The zero-order valence-electron chi connectivity index (χ0n) is 11.7. The minimum absolute atomic E-state index is 0.0792. The quantitative estimate of drug-likeness (QED) is 0.840. The number of hydrogen-bond donors (Lipinski definition) is 1. The Kier molecular flexibility index (Phi) is 4.45. The molecule has 19 heavy (non-hydrogen) atoms. The van der Waals surface area contributed by atoms with Crippen LogP contribution in [-0.4, -0.2) is 47.2 Å². The number of ether oxygens (including phenoxy) is 1. The highest BCUT2D eigenvalue weighted by Crippen LogP contribution is 2.30. The van der Waals surface area contributed by atoms with Crippen molar-refractivity contribution in [2.45, 2.75) is 51.7 Å². The van der Waals surface area contributed by atoms with Crippen molar-refractivity contribution in [3.05, 3.63) is 0 Å². The van der Waals surface area contributed by atoms with Crippen molar-refractivity contribution in [2.75, 3.05) is 13.2 Å². The summed E-state index contributed by atoms with van der Waals surface area (Å²) in [5.74, 6) is -1.26. The Morgan fingerprint density at radius 1 is 1.47 bits per heavy atom. The maximum Gasteiger partial charge on any atom is 0.308 e. The van der Waals surface area contributed by atoms with E-state index in [2.05, 4.69) is 0 Å². The summed E-state index contributed by atoms with van der Waals surface area (Å²) in [6.45, 7) is 5.12. The summed E-state index contributed by atoms with van der Waals surface area (Å²) in [4.78, 5) is 25.1. The van der Waals surface area contributed by atoms with Gasteiger partial charge in [0.05, 0.1) is 12.0 Å². The standard InChI is InChI=1S/C14H23NO4/c1-9-8-12(16)15(10(2)13(9)14(17)18)6-5-11-4-3-7-19-11/h9-11,13H,3-8H2,1-2H3,(H,17,18). The van der Waals surface area contributed by atoms with Crippen LogP contribution in [-0.2, 0) is 14.3 Å². The first-order valence-corrected chi connectivity index (χ1v) is 7.14. The molecule has 0 aromatic heterocycles. The van der Waals surface area contributed by atoms with Crippen LogP contribution < -0.4 is 0 Å². The summed E-state index contributed by atoms with van der Waals surface area (Å²) in [5.41, 5.74) is 0. The molecule has 2 fully saturated rings. The van der Waals surface area contributed by atoms with Crippen LogP contribution in [0.1, 0.15) is 39.5 Å². The van der Waals surface area contributed by atoms with Crippen molar-refractivity contribution in [2.24, 2.45) is 11.8 Å². The fraction of sp³-hybridized carbons (Fsp3) is 0.857. The maximum atomic E-state index is 12.1. The number of hydrogen-bond acceptors (Lipinski definition) is 3. The van der Waals surface area contributed by atoms with Gasteiger partial charge in [0, 0.05) is 25.6 Å². The third kappa shape index (κ3) is 3.08. The van der Waals surface area contributed by atoms with Crippen molar-refractivity contribution < 1.29 is 19.4 Å². The lowest BCUT2D eigenvalue weighted by Gasteiger charge is -2.41. The number of amides is 1. The minimum atomic E-state index is -0.797. The van der Waals surface area contributed by atoms with Crippen LogP contribution in [0.15, 0.2) is 0 Å². The summed E-state index contributed by atoms with van der Waals surface area (Å²) < 4.78 is 5.56. The first-order chi connectivity index (χ1) is 9.00. The molecule has 0 bridgehead atoms. The zero-order chi connectivity index (χ0) is 14.0. The van der Waals surface area contributed by atoms with Crippen LogP contribution in [0.3, 0.4) is 0 Å². The Morgan fingerprint density at radius 2 is 2.21 bits per heavy atom. The third-order valence-electron chi connectivity index (χ3n) is 4.44. The van der Waals surface area contributed by atoms with Gasteiger partial charge >= 0.3 is 5.97 Å². The predicted molar refractivity (Wildman–Crippen MR) is 69.7 cm³/mol. The Hall–Kier alpha value is -1.10. The van der Waals surface area contributed by atoms with Crippen LogP contribution in [0.2, 0.25) is 0 Å². The second kappa shape index (κ2) is 5.90. The van der Waals surface area contributed by atoms with E-state index in [1.807, 2.05) is 13.8 Å². The number of carbonyl (C=O) groups is 2. The highest BCUT2D eigenvalue weighted by molar-refractivity contribution is 5.81. The van der Waals surface area contributed by atoms with Gasteiger partial charge in [-0.2, -0.15) is 0 Å². The smallest absolute Gasteiger partial charge is 0.308 e. The fourth-order valence-corrected chi connectivity index (χ4v) is 3.35. The van der Waals surface area contributed by atoms with Gasteiger partial charge in [-0.15, -0.1) is 0 Å². The van der Waals surface area contributed by atoms with Gasteiger partial charge in [-0.25, -0.2) is 0 Å². The van der Waals surface area contributed by atoms with Gasteiger partial charge in [0.25, 0.3) is 0 Å². The van der Waals surface area contributed by atoms with Crippen LogP contribution in [0, 0.1) is 11.8 Å². The molecule has 5 heteroatoms. The Morgan fingerprint density at radius 3 is 2.79 bits per heavy atom. The molecule has 0 radical (unpaired) electrons. The Labute approximate surface area is 113 Å². The number of likely N-dealkylation sites (tertiary alicyclic amines) is 1. The summed E-state index contributed by atoms with van der Waals surface area (Å²) in [6, 6.07) is -0.227. The van der Waals surface area contributed by atoms with E-state index in [4.69, 9.17) is 4.74 Å². The van der Waals surface area contributed by atoms with Gasteiger partial charge in [-0.3, -0.25) is 9.59 Å². The van der Waals surface area contributed by atoms with Crippen molar-refractivity contribution in [3.63, 3.8) is 0 Å². The van der Waals surface area contributed by atoms with E-state index in [-0.39, 0.29) is 24.0 Å². The SMILES string of the molecule is CC1CC(=O)N(CCC2CCCO2)C(C)C1C(=O)O. The molecule has 2 aliphatic heterocycles. The number of carboxylic acid groups (broad SMARTS) is 1. The first-order valence-electron chi connectivity index (χ1n) is 7.14. The maximum absolute atomic E-state index is 12.1. The van der Waals surface area contributed by atoms with Crippen LogP contribution in [0.5, 0.6) is 0 Å². The second-order valence-corrected chi connectivity index (χ2v) is 5.80. The van der Waals surface area contributed by atoms with E-state index in [1.54, 1.807) is 4.90 Å². The molecule has 2 aliphatic rings. The average Bonchev–Trinajstić information content (AvgIpc) is 2.80. The summed E-state index contributed by atoms with van der Waals surface area (Å²) in [7, 11) is 0. The van der Waals surface area contributed by atoms with E-state index in [9.17, 15) is 14.7 Å². The summed E-state index contributed by atoms with van der Waals surface area (Å²) in [5, 5.41) is 9.30. The predicted octanol–water partition coefficient (Wildman–Crippen LogP) is 1.51. The highest BCUT2D eigenvalue weighted by atomic mass is 16.5. The summed E-state index contributed by atoms with van der Waals surface area (Å²) >= 11 is 0. The topological polar surface area (TPSA) is 66.8 Å². The average molecular weight is 269 g/mol. The van der Waals surface area contributed by atoms with Gasteiger partial charge in [0.1, 0.15) is 0 Å². The van der Waals surface area contributed by atoms with Crippen molar-refractivity contribution in [3.8, 4) is 0 Å². The molecule has 0 aromatic rings. The molecule has 1 N–H and O–H groups in total. The second-order valence-electron chi connectivity index (χ2n) is 5.80. The van der Waals surface area contributed by atoms with Gasteiger partial charge in [0.15, 0.2) is 0 Å². The lowest BCUT2D eigenvalue weighted by molar-refractivity contribution is -0.154. The first kappa shape index (κ1) is 14.3. The zero-order valence-corrected chi connectivity index (χ0v) is 11.7. The van der Waals surface area contributed by atoms with Crippen molar-refractivity contribution >= 4 is 11.9 Å². The molecule has 5 nitrogen and oxygen atoms in total. The van der Waals surface area contributed by atoms with E-state index in [1.165, 1.54) is 0 Å². The van der Waals surface area contributed by atoms with E-state index < -0.39 is 11.9 Å². The molecular formula is C14H23NO4. The molecule has 4 unspecified atom stereocenters. The van der Waals surface area contributed by atoms with Gasteiger partial charge in [0.2, 0.25) is 5.91 Å². The number of nitrogens with zero attached hydrogens (tertiary/aromatic N) is 1. The molecule has 2 saturated heterocycles. The number of carboxylic acids is 1. The van der Waals surface area contributed by atoms with E-state index >= 15 is 0 Å². The van der Waals surface area contributed by atoms with Crippen LogP contribution in [0.25, 0.3) is 0 Å². The molecule has 0 aliphatic carbocycles. The minimum Gasteiger partial charge on any atom is -0.481 e. The molecule has 4 atom stereocenters. The Bertz CT molecular complexity index is 351. The van der Waals surface area contributed by atoms with E-state index in [0.29, 0.717) is 13.0 Å². The lowest BCUT2D eigenvalue weighted by atomic mass is 9.81. The molecule has 0 saturated carbocycles. The third-order valence-corrected chi connectivity index (χ3v) is 4.44. The van der Waals surface area contributed by atoms with Crippen molar-refractivity contribution in [1.29, 1.82) is 0 Å². The molecule has 2 heterocycles. The molecule has 1 amide bonds. The lowest BCUT2D eigenvalue weighted by Crippen LogP contribution is -2.53. The number of carbonyl (C=O) groups excluding carboxylic acids is 1. The number of aliphatic carboxylic acids is 1. The molecule has 108 valence electrons. The van der Waals surface area contributed by atoms with Crippen LogP contribution in [0.4, 0.5) is 0 Å². The fourth-order valence-electron chi connectivity index (χ4n) is 3.35. The largest absolute Gasteiger partial charge is 0.481 e. The molecule has 2 rings (SSSR count). The van der Waals surface area contributed by atoms with Gasteiger partial charge < -0.3 is 14.7 Å². The molecule has 0 aromatic carbocycles. The number of rotatable bonds is 4. The normalized spacial score (nSPS) is 35.7. The Balaban J connectivity index is 1.97. The van der Waals surface area contributed by atoms with E-state index in [0.717, 1.165) is 25.9 Å². The van der Waals surface area contributed by atoms with Crippen molar-refractivity contribution in [1.82, 2.24) is 4.90 Å².